The maximum atomic E-state index is 10.6. The van der Waals surface area contributed by atoms with Crippen molar-refractivity contribution in [2.75, 3.05) is 17.6 Å². The Hall–Kier alpha value is -1.85. The van der Waals surface area contributed by atoms with Crippen LogP contribution < -0.4 is 11.1 Å². The second-order valence-corrected chi connectivity index (χ2v) is 4.67. The van der Waals surface area contributed by atoms with E-state index in [0.717, 1.165) is 25.3 Å². The third-order valence-electron chi connectivity index (χ3n) is 2.61. The highest BCUT2D eigenvalue weighted by Gasteiger charge is 2.12. The number of nitrogen functional groups attached to an aromatic ring is 1. The average Bonchev–Trinajstić information content (AvgIpc) is 2.27. The molecule has 1 aromatic heterocycles. The Morgan fingerprint density at radius 1 is 1.44 bits per heavy atom. The van der Waals surface area contributed by atoms with Gasteiger partial charge in [0.15, 0.2) is 0 Å². The summed E-state index contributed by atoms with van der Waals surface area (Å²) < 4.78 is 0. The van der Waals surface area contributed by atoms with Gasteiger partial charge in [0.1, 0.15) is 5.82 Å². The number of rotatable bonds is 7. The molecule has 0 spiro atoms. The summed E-state index contributed by atoms with van der Waals surface area (Å²) in [6, 6.07) is 2.95. The smallest absolute Gasteiger partial charge is 0.311 e. The predicted molar refractivity (Wildman–Crippen MR) is 72.5 cm³/mol. The topological polar surface area (TPSA) is 94.1 Å². The van der Waals surface area contributed by atoms with Crippen LogP contribution in [0.15, 0.2) is 12.1 Å². The Morgan fingerprint density at radius 2 is 2.17 bits per heavy atom. The van der Waals surface area contributed by atoms with Crippen LogP contribution in [-0.2, 0) is 0 Å². The van der Waals surface area contributed by atoms with Gasteiger partial charge in [-0.1, -0.05) is 26.7 Å². The van der Waals surface area contributed by atoms with Gasteiger partial charge in [0, 0.05) is 12.6 Å². The second-order valence-electron chi connectivity index (χ2n) is 4.67. The Labute approximate surface area is 107 Å². The maximum Gasteiger partial charge on any atom is 0.311 e. The number of anilines is 2. The molecule has 0 atom stereocenters. The molecule has 6 nitrogen and oxygen atoms in total. The van der Waals surface area contributed by atoms with Crippen molar-refractivity contribution in [1.29, 1.82) is 0 Å². The summed E-state index contributed by atoms with van der Waals surface area (Å²) in [4.78, 5) is 14.0. The summed E-state index contributed by atoms with van der Waals surface area (Å²) in [5.74, 6) is 1.26. The zero-order valence-electron chi connectivity index (χ0n) is 10.8. The van der Waals surface area contributed by atoms with Gasteiger partial charge < -0.3 is 11.1 Å². The molecule has 0 fully saturated rings. The summed E-state index contributed by atoms with van der Waals surface area (Å²) in [5.41, 5.74) is 5.35. The molecule has 1 rings (SSSR count). The standard InChI is InChI=1S/C12H20N4O2/c1-9(2)5-3-4-8-14-11-7-6-10(16(17)18)12(13)15-11/h6-7,9H,3-5,8H2,1-2H3,(H3,13,14,15). The van der Waals surface area contributed by atoms with Crippen LogP contribution in [0.5, 0.6) is 0 Å². The summed E-state index contributed by atoms with van der Waals surface area (Å²) in [6.45, 7) is 5.20. The first-order valence-corrected chi connectivity index (χ1v) is 6.15. The molecule has 0 bridgehead atoms. The highest BCUT2D eigenvalue weighted by Crippen LogP contribution is 2.20. The van der Waals surface area contributed by atoms with Crippen LogP contribution in [0.4, 0.5) is 17.3 Å². The molecule has 0 amide bonds. The van der Waals surface area contributed by atoms with Crippen LogP contribution >= 0.6 is 0 Å². The minimum Gasteiger partial charge on any atom is -0.378 e. The van der Waals surface area contributed by atoms with Gasteiger partial charge in [-0.15, -0.1) is 0 Å². The Balaban J connectivity index is 2.39. The number of hydrogen-bond donors (Lipinski definition) is 2. The van der Waals surface area contributed by atoms with E-state index in [9.17, 15) is 10.1 Å². The normalized spacial score (nSPS) is 10.6. The summed E-state index contributed by atoms with van der Waals surface area (Å²) >= 11 is 0. The van der Waals surface area contributed by atoms with Gasteiger partial charge in [-0.05, 0) is 18.4 Å². The van der Waals surface area contributed by atoms with Crippen LogP contribution in [-0.4, -0.2) is 16.5 Å². The lowest BCUT2D eigenvalue weighted by molar-refractivity contribution is -0.384. The molecular formula is C12H20N4O2. The zero-order valence-corrected chi connectivity index (χ0v) is 10.8. The first-order valence-electron chi connectivity index (χ1n) is 6.15. The number of nitro groups is 1. The fourth-order valence-corrected chi connectivity index (χ4v) is 1.61. The molecule has 6 heteroatoms. The van der Waals surface area contributed by atoms with Gasteiger partial charge in [0.25, 0.3) is 0 Å². The van der Waals surface area contributed by atoms with Gasteiger partial charge >= 0.3 is 5.69 Å². The van der Waals surface area contributed by atoms with Crippen molar-refractivity contribution in [3.8, 4) is 0 Å². The lowest BCUT2D eigenvalue weighted by atomic mass is 10.1. The number of unbranched alkanes of at least 4 members (excludes halogenated alkanes) is 1. The van der Waals surface area contributed by atoms with E-state index >= 15 is 0 Å². The highest BCUT2D eigenvalue weighted by molar-refractivity contribution is 5.57. The maximum absolute atomic E-state index is 10.6. The van der Waals surface area contributed by atoms with E-state index in [1.54, 1.807) is 6.07 Å². The van der Waals surface area contributed by atoms with Gasteiger partial charge in [-0.3, -0.25) is 10.1 Å². The molecule has 0 aromatic carbocycles. The SMILES string of the molecule is CC(C)CCCCNc1ccc([N+](=O)[O-])c(N)n1. The second kappa shape index (κ2) is 6.78. The fraction of sp³-hybridized carbons (Fsp3) is 0.583. The number of pyridine rings is 1. The van der Waals surface area contributed by atoms with Crippen molar-refractivity contribution < 1.29 is 4.92 Å². The van der Waals surface area contributed by atoms with E-state index in [-0.39, 0.29) is 11.5 Å². The lowest BCUT2D eigenvalue weighted by Gasteiger charge is -2.07. The Bertz CT molecular complexity index is 407. The highest BCUT2D eigenvalue weighted by atomic mass is 16.6. The van der Waals surface area contributed by atoms with E-state index in [1.807, 2.05) is 0 Å². The molecule has 100 valence electrons. The van der Waals surface area contributed by atoms with E-state index in [0.29, 0.717) is 5.82 Å². The summed E-state index contributed by atoms with van der Waals surface area (Å²) in [5, 5.41) is 13.7. The van der Waals surface area contributed by atoms with Crippen LogP contribution in [0, 0.1) is 16.0 Å². The van der Waals surface area contributed by atoms with Gasteiger partial charge in [0.05, 0.1) is 4.92 Å². The van der Waals surface area contributed by atoms with Crippen LogP contribution in [0.1, 0.15) is 33.1 Å². The number of aromatic nitrogens is 1. The Kier molecular flexibility index (Phi) is 5.35. The van der Waals surface area contributed by atoms with Crippen LogP contribution in [0.2, 0.25) is 0 Å². The molecule has 0 radical (unpaired) electrons. The first kappa shape index (κ1) is 14.2. The Morgan fingerprint density at radius 3 is 2.72 bits per heavy atom. The molecule has 0 aliphatic rings. The molecule has 0 aliphatic carbocycles. The summed E-state index contributed by atoms with van der Waals surface area (Å²) in [7, 11) is 0. The molecule has 0 saturated heterocycles. The summed E-state index contributed by atoms with van der Waals surface area (Å²) in [6.07, 6.45) is 3.42. The molecule has 18 heavy (non-hydrogen) atoms. The third kappa shape index (κ3) is 4.57. The first-order chi connectivity index (χ1) is 8.50. The molecule has 0 unspecified atom stereocenters. The molecule has 1 aromatic rings. The minimum atomic E-state index is -0.533. The van der Waals surface area contributed by atoms with Gasteiger partial charge in [0.2, 0.25) is 5.82 Å². The fourth-order valence-electron chi connectivity index (χ4n) is 1.61. The van der Waals surface area contributed by atoms with E-state index in [2.05, 4.69) is 24.1 Å². The molecule has 3 N–H and O–H groups in total. The zero-order chi connectivity index (χ0) is 13.5. The monoisotopic (exact) mass is 252 g/mol. The van der Waals surface area contributed by atoms with Gasteiger partial charge in [-0.25, -0.2) is 4.98 Å². The third-order valence-corrected chi connectivity index (χ3v) is 2.61. The minimum absolute atomic E-state index is 0.0489. The average molecular weight is 252 g/mol. The van der Waals surface area contributed by atoms with Crippen LogP contribution in [0.3, 0.4) is 0 Å². The van der Waals surface area contributed by atoms with Crippen molar-refractivity contribution in [2.45, 2.75) is 33.1 Å². The van der Waals surface area contributed by atoms with E-state index in [1.165, 1.54) is 12.5 Å². The van der Waals surface area contributed by atoms with Crippen molar-refractivity contribution in [1.82, 2.24) is 4.98 Å². The number of hydrogen-bond acceptors (Lipinski definition) is 5. The number of nitrogens with zero attached hydrogens (tertiary/aromatic N) is 2. The predicted octanol–water partition coefficient (Wildman–Crippen LogP) is 2.81. The molecule has 1 heterocycles. The molecule has 0 aliphatic heterocycles. The van der Waals surface area contributed by atoms with Crippen molar-refractivity contribution in [3.05, 3.63) is 22.2 Å². The number of nitrogens with two attached hydrogens (primary N) is 1. The van der Waals surface area contributed by atoms with E-state index < -0.39 is 4.92 Å². The molecular weight excluding hydrogens is 232 g/mol. The molecule has 0 saturated carbocycles. The van der Waals surface area contributed by atoms with Crippen molar-refractivity contribution >= 4 is 17.3 Å². The quantitative estimate of drug-likeness (QED) is 0.442. The van der Waals surface area contributed by atoms with Crippen molar-refractivity contribution in [2.24, 2.45) is 5.92 Å². The van der Waals surface area contributed by atoms with E-state index in [4.69, 9.17) is 5.73 Å². The van der Waals surface area contributed by atoms with Crippen LogP contribution in [0.25, 0.3) is 0 Å². The van der Waals surface area contributed by atoms with Gasteiger partial charge in [-0.2, -0.15) is 0 Å². The number of nitrogens with one attached hydrogen (secondary N) is 1. The van der Waals surface area contributed by atoms with Crippen molar-refractivity contribution in [3.63, 3.8) is 0 Å². The largest absolute Gasteiger partial charge is 0.378 e. The lowest BCUT2D eigenvalue weighted by Crippen LogP contribution is -2.06.